The van der Waals surface area contributed by atoms with Crippen LogP contribution in [0.3, 0.4) is 0 Å². The predicted molar refractivity (Wildman–Crippen MR) is 132 cm³/mol. The summed E-state index contributed by atoms with van der Waals surface area (Å²) in [4.78, 5) is 4.92. The third kappa shape index (κ3) is 4.59. The van der Waals surface area contributed by atoms with Gasteiger partial charge in [-0.1, -0.05) is 43.5 Å². The molecule has 0 spiro atoms. The molecule has 2 aliphatic rings. The highest BCUT2D eigenvalue weighted by atomic mass is 16.5. The SMILES string of the molecule is COc1ccc(C(c2nnnn2C2CCCCC2)N2CCN(c3ccccc3OC)CC2)cc1. The van der Waals surface area contributed by atoms with E-state index < -0.39 is 0 Å². The summed E-state index contributed by atoms with van der Waals surface area (Å²) in [5, 5.41) is 13.2. The van der Waals surface area contributed by atoms with Gasteiger partial charge >= 0.3 is 0 Å². The number of para-hydroxylation sites is 2. The van der Waals surface area contributed by atoms with Gasteiger partial charge in [0.2, 0.25) is 0 Å². The van der Waals surface area contributed by atoms with Gasteiger partial charge in [0.05, 0.1) is 32.0 Å². The van der Waals surface area contributed by atoms with Crippen molar-refractivity contribution < 1.29 is 9.47 Å². The topological polar surface area (TPSA) is 68.5 Å². The number of rotatable bonds is 7. The Labute approximate surface area is 201 Å². The third-order valence-electron chi connectivity index (χ3n) is 7.22. The summed E-state index contributed by atoms with van der Waals surface area (Å²) in [5.74, 6) is 2.72. The lowest BCUT2D eigenvalue weighted by Crippen LogP contribution is -2.48. The zero-order valence-electron chi connectivity index (χ0n) is 20.1. The van der Waals surface area contributed by atoms with Crippen LogP contribution in [0.5, 0.6) is 11.5 Å². The monoisotopic (exact) mass is 462 g/mol. The second-order valence-electron chi connectivity index (χ2n) is 9.14. The van der Waals surface area contributed by atoms with Crippen molar-refractivity contribution in [2.45, 2.75) is 44.2 Å². The predicted octanol–water partition coefficient (Wildman–Crippen LogP) is 4.11. The second kappa shape index (κ2) is 10.4. The lowest BCUT2D eigenvalue weighted by molar-refractivity contribution is 0.193. The maximum absolute atomic E-state index is 5.61. The van der Waals surface area contributed by atoms with Crippen LogP contribution in [0.1, 0.15) is 55.6 Å². The molecule has 8 nitrogen and oxygen atoms in total. The molecule has 1 aromatic heterocycles. The maximum Gasteiger partial charge on any atom is 0.173 e. The lowest BCUT2D eigenvalue weighted by Gasteiger charge is -2.40. The number of benzene rings is 2. The number of aromatic nitrogens is 4. The highest BCUT2D eigenvalue weighted by Crippen LogP contribution is 2.35. The Morgan fingerprint density at radius 1 is 0.853 bits per heavy atom. The molecule has 0 radical (unpaired) electrons. The fourth-order valence-electron chi connectivity index (χ4n) is 5.39. The molecule has 1 atom stereocenters. The second-order valence-corrected chi connectivity index (χ2v) is 9.14. The molecule has 0 N–H and O–H groups in total. The molecule has 1 aliphatic heterocycles. The summed E-state index contributed by atoms with van der Waals surface area (Å²) in [6.45, 7) is 3.65. The summed E-state index contributed by atoms with van der Waals surface area (Å²) in [6, 6.07) is 17.0. The molecule has 2 heterocycles. The number of hydrogen-bond acceptors (Lipinski definition) is 7. The average Bonchev–Trinajstić information content (AvgIpc) is 3.39. The Balaban J connectivity index is 1.43. The van der Waals surface area contributed by atoms with Crippen molar-refractivity contribution in [2.24, 2.45) is 0 Å². The van der Waals surface area contributed by atoms with E-state index in [-0.39, 0.29) is 6.04 Å². The van der Waals surface area contributed by atoms with Gasteiger partial charge in [-0.25, -0.2) is 4.68 Å². The van der Waals surface area contributed by atoms with Gasteiger partial charge in [-0.15, -0.1) is 5.10 Å². The highest BCUT2D eigenvalue weighted by Gasteiger charge is 2.33. The lowest BCUT2D eigenvalue weighted by atomic mass is 9.95. The molecule has 2 fully saturated rings. The molecule has 1 saturated carbocycles. The zero-order valence-corrected chi connectivity index (χ0v) is 20.1. The van der Waals surface area contributed by atoms with Crippen LogP contribution in [0.4, 0.5) is 5.69 Å². The van der Waals surface area contributed by atoms with E-state index in [1.165, 1.54) is 24.8 Å². The van der Waals surface area contributed by atoms with Crippen molar-refractivity contribution in [3.8, 4) is 11.5 Å². The Morgan fingerprint density at radius 2 is 1.59 bits per heavy atom. The van der Waals surface area contributed by atoms with Crippen molar-refractivity contribution in [1.29, 1.82) is 0 Å². The molecule has 5 rings (SSSR count). The molecule has 1 aliphatic carbocycles. The van der Waals surface area contributed by atoms with E-state index in [1.807, 2.05) is 24.3 Å². The number of nitrogens with zero attached hydrogens (tertiary/aromatic N) is 6. The van der Waals surface area contributed by atoms with Gasteiger partial charge < -0.3 is 14.4 Å². The maximum atomic E-state index is 5.61. The van der Waals surface area contributed by atoms with E-state index in [0.29, 0.717) is 6.04 Å². The largest absolute Gasteiger partial charge is 0.497 e. The molecular formula is C26H34N6O2. The zero-order chi connectivity index (χ0) is 23.3. The van der Waals surface area contributed by atoms with E-state index in [4.69, 9.17) is 9.47 Å². The first-order valence-corrected chi connectivity index (χ1v) is 12.3. The normalized spacial score (nSPS) is 18.6. The van der Waals surface area contributed by atoms with Crippen LogP contribution in [0.2, 0.25) is 0 Å². The van der Waals surface area contributed by atoms with Crippen LogP contribution >= 0.6 is 0 Å². The van der Waals surface area contributed by atoms with Crippen LogP contribution in [0.25, 0.3) is 0 Å². The average molecular weight is 463 g/mol. The molecule has 3 aromatic rings. The Hall–Kier alpha value is -3.13. The van der Waals surface area contributed by atoms with E-state index in [0.717, 1.165) is 62.0 Å². The molecule has 2 aromatic carbocycles. The molecule has 8 heteroatoms. The van der Waals surface area contributed by atoms with Crippen molar-refractivity contribution in [3.05, 3.63) is 59.9 Å². The first-order valence-electron chi connectivity index (χ1n) is 12.3. The number of methoxy groups -OCH3 is 2. The fraction of sp³-hybridized carbons (Fsp3) is 0.500. The molecule has 1 unspecified atom stereocenters. The van der Waals surface area contributed by atoms with Gasteiger partial charge in [0, 0.05) is 26.2 Å². The summed E-state index contributed by atoms with van der Waals surface area (Å²) in [7, 11) is 3.44. The van der Waals surface area contributed by atoms with Gasteiger partial charge in [0.1, 0.15) is 11.5 Å². The fourth-order valence-corrected chi connectivity index (χ4v) is 5.39. The Bertz CT molecular complexity index is 1060. The van der Waals surface area contributed by atoms with Crippen LogP contribution in [-0.4, -0.2) is 65.5 Å². The summed E-state index contributed by atoms with van der Waals surface area (Å²) in [5.41, 5.74) is 2.34. The number of piperazine rings is 1. The van der Waals surface area contributed by atoms with Crippen LogP contribution in [-0.2, 0) is 0 Å². The Morgan fingerprint density at radius 3 is 2.29 bits per heavy atom. The van der Waals surface area contributed by atoms with E-state index in [1.54, 1.807) is 14.2 Å². The van der Waals surface area contributed by atoms with Crippen molar-refractivity contribution >= 4 is 5.69 Å². The Kier molecular flexibility index (Phi) is 6.94. The molecule has 0 amide bonds. The van der Waals surface area contributed by atoms with Gasteiger partial charge in [0.15, 0.2) is 5.82 Å². The third-order valence-corrected chi connectivity index (χ3v) is 7.22. The van der Waals surface area contributed by atoms with E-state index >= 15 is 0 Å². The van der Waals surface area contributed by atoms with E-state index in [9.17, 15) is 0 Å². The standard InChI is InChI=1S/C26H34N6O2/c1-33-22-14-12-20(13-15-22)25(26-27-28-29-32(26)21-8-4-3-5-9-21)31-18-16-30(17-19-31)23-10-6-7-11-24(23)34-2/h6-7,10-15,21,25H,3-5,8-9,16-19H2,1-2H3. The van der Waals surface area contributed by atoms with Crippen molar-refractivity contribution in [2.75, 3.05) is 45.3 Å². The van der Waals surface area contributed by atoms with Crippen LogP contribution in [0, 0.1) is 0 Å². The van der Waals surface area contributed by atoms with Gasteiger partial charge in [-0.2, -0.15) is 0 Å². The quantitative estimate of drug-likeness (QED) is 0.523. The highest BCUT2D eigenvalue weighted by molar-refractivity contribution is 5.58. The van der Waals surface area contributed by atoms with Crippen LogP contribution in [0.15, 0.2) is 48.5 Å². The minimum atomic E-state index is 0.00246. The van der Waals surface area contributed by atoms with Crippen molar-refractivity contribution in [3.63, 3.8) is 0 Å². The summed E-state index contributed by atoms with van der Waals surface area (Å²) in [6.07, 6.45) is 6.09. The smallest absolute Gasteiger partial charge is 0.173 e. The molecule has 180 valence electrons. The van der Waals surface area contributed by atoms with Crippen molar-refractivity contribution in [1.82, 2.24) is 25.1 Å². The first-order chi connectivity index (χ1) is 16.8. The minimum absolute atomic E-state index is 0.00246. The number of anilines is 1. The first kappa shape index (κ1) is 22.7. The minimum Gasteiger partial charge on any atom is -0.497 e. The molecular weight excluding hydrogens is 428 g/mol. The molecule has 1 saturated heterocycles. The number of tetrazole rings is 1. The molecule has 34 heavy (non-hydrogen) atoms. The van der Waals surface area contributed by atoms with Gasteiger partial charge in [0.25, 0.3) is 0 Å². The summed E-state index contributed by atoms with van der Waals surface area (Å²) < 4.78 is 13.1. The van der Waals surface area contributed by atoms with Crippen LogP contribution < -0.4 is 14.4 Å². The number of ether oxygens (including phenoxy) is 2. The summed E-state index contributed by atoms with van der Waals surface area (Å²) >= 11 is 0. The van der Waals surface area contributed by atoms with Gasteiger partial charge in [-0.3, -0.25) is 4.90 Å². The number of hydrogen-bond donors (Lipinski definition) is 0. The van der Waals surface area contributed by atoms with Gasteiger partial charge in [-0.05, 0) is 53.1 Å². The molecule has 0 bridgehead atoms. The van der Waals surface area contributed by atoms with E-state index in [2.05, 4.69) is 54.3 Å².